The van der Waals surface area contributed by atoms with Crippen LogP contribution in [0.2, 0.25) is 0 Å². The maximum Gasteiger partial charge on any atom is 0.171 e. The zero-order chi connectivity index (χ0) is 17.5. The van der Waals surface area contributed by atoms with E-state index in [9.17, 15) is 0 Å². The molecule has 0 fully saturated rings. The van der Waals surface area contributed by atoms with Gasteiger partial charge in [-0.05, 0) is 73.9 Å². The molecular formula is C20H24N2OS. The normalized spacial score (nSPS) is 11.5. The average Bonchev–Trinajstić information content (AvgIpc) is 2.56. The van der Waals surface area contributed by atoms with Crippen LogP contribution in [-0.4, -0.2) is 11.7 Å². The monoisotopic (exact) mass is 340 g/mol. The molecule has 0 bridgehead atoms. The molecule has 0 saturated heterocycles. The summed E-state index contributed by atoms with van der Waals surface area (Å²) in [7, 11) is 0. The SMILES string of the molecule is C=CCOc1ccc(NC(=S)NC(C)c2ccc(C)c(C)c2)cc1. The van der Waals surface area contributed by atoms with E-state index < -0.39 is 0 Å². The summed E-state index contributed by atoms with van der Waals surface area (Å²) in [6.45, 7) is 10.5. The highest BCUT2D eigenvalue weighted by molar-refractivity contribution is 7.80. The van der Waals surface area contributed by atoms with Crippen molar-refractivity contribution in [3.63, 3.8) is 0 Å². The van der Waals surface area contributed by atoms with E-state index in [-0.39, 0.29) is 6.04 Å². The molecule has 2 aromatic rings. The molecule has 2 rings (SSSR count). The van der Waals surface area contributed by atoms with Crippen LogP contribution in [0.25, 0.3) is 0 Å². The van der Waals surface area contributed by atoms with E-state index in [0.29, 0.717) is 11.7 Å². The molecule has 3 nitrogen and oxygen atoms in total. The molecule has 0 aliphatic rings. The van der Waals surface area contributed by atoms with Crippen LogP contribution < -0.4 is 15.4 Å². The van der Waals surface area contributed by atoms with E-state index in [4.69, 9.17) is 17.0 Å². The van der Waals surface area contributed by atoms with Gasteiger partial charge in [-0.2, -0.15) is 0 Å². The summed E-state index contributed by atoms with van der Waals surface area (Å²) < 4.78 is 5.46. The molecular weight excluding hydrogens is 316 g/mol. The Balaban J connectivity index is 1.92. The molecule has 24 heavy (non-hydrogen) atoms. The second-order valence-electron chi connectivity index (χ2n) is 5.79. The van der Waals surface area contributed by atoms with E-state index in [1.165, 1.54) is 16.7 Å². The minimum Gasteiger partial charge on any atom is -0.490 e. The number of rotatable bonds is 6. The lowest BCUT2D eigenvalue weighted by molar-refractivity contribution is 0.363. The van der Waals surface area contributed by atoms with Gasteiger partial charge < -0.3 is 15.4 Å². The Kier molecular flexibility index (Phi) is 6.38. The van der Waals surface area contributed by atoms with Crippen molar-refractivity contribution in [3.8, 4) is 5.75 Å². The molecule has 0 radical (unpaired) electrons. The van der Waals surface area contributed by atoms with Gasteiger partial charge in [0.1, 0.15) is 12.4 Å². The van der Waals surface area contributed by atoms with Crippen LogP contribution in [0.4, 0.5) is 5.69 Å². The molecule has 0 amide bonds. The molecule has 0 aromatic heterocycles. The molecule has 126 valence electrons. The molecule has 4 heteroatoms. The summed E-state index contributed by atoms with van der Waals surface area (Å²) in [4.78, 5) is 0. The molecule has 0 aliphatic carbocycles. The van der Waals surface area contributed by atoms with Crippen molar-refractivity contribution in [2.45, 2.75) is 26.8 Å². The minimum absolute atomic E-state index is 0.138. The highest BCUT2D eigenvalue weighted by Crippen LogP contribution is 2.18. The fourth-order valence-corrected chi connectivity index (χ4v) is 2.57. The Bertz CT molecular complexity index is 710. The Labute approximate surface area is 149 Å². The molecule has 0 saturated carbocycles. The Hall–Kier alpha value is -2.33. The lowest BCUT2D eigenvalue weighted by atomic mass is 10.0. The Morgan fingerprint density at radius 3 is 2.50 bits per heavy atom. The van der Waals surface area contributed by atoms with Gasteiger partial charge in [-0.15, -0.1) is 0 Å². The first-order valence-electron chi connectivity index (χ1n) is 7.98. The first-order chi connectivity index (χ1) is 11.5. The lowest BCUT2D eigenvalue weighted by Crippen LogP contribution is -2.30. The quantitative estimate of drug-likeness (QED) is 0.578. The lowest BCUT2D eigenvalue weighted by Gasteiger charge is -2.18. The predicted molar refractivity (Wildman–Crippen MR) is 106 cm³/mol. The maximum absolute atomic E-state index is 5.46. The average molecular weight is 340 g/mol. The van der Waals surface area contributed by atoms with Gasteiger partial charge in [-0.3, -0.25) is 0 Å². The number of nitrogens with one attached hydrogen (secondary N) is 2. The Morgan fingerprint density at radius 1 is 1.17 bits per heavy atom. The zero-order valence-electron chi connectivity index (χ0n) is 14.4. The first-order valence-corrected chi connectivity index (χ1v) is 8.39. The number of hydrogen-bond donors (Lipinski definition) is 2. The van der Waals surface area contributed by atoms with E-state index in [1.54, 1.807) is 6.08 Å². The van der Waals surface area contributed by atoms with Gasteiger partial charge in [0.15, 0.2) is 5.11 Å². The van der Waals surface area contributed by atoms with Crippen LogP contribution in [0.15, 0.2) is 55.1 Å². The van der Waals surface area contributed by atoms with Gasteiger partial charge >= 0.3 is 0 Å². The van der Waals surface area contributed by atoms with E-state index in [2.05, 4.69) is 56.2 Å². The van der Waals surface area contributed by atoms with Crippen molar-refractivity contribution in [1.29, 1.82) is 0 Å². The van der Waals surface area contributed by atoms with E-state index >= 15 is 0 Å². The van der Waals surface area contributed by atoms with Crippen molar-refractivity contribution in [2.24, 2.45) is 0 Å². The predicted octanol–water partition coefficient (Wildman–Crippen LogP) is 4.92. The Morgan fingerprint density at radius 2 is 1.88 bits per heavy atom. The first kappa shape index (κ1) is 18.0. The number of thiocarbonyl (C=S) groups is 1. The van der Waals surface area contributed by atoms with Crippen LogP contribution in [-0.2, 0) is 0 Å². The number of benzene rings is 2. The highest BCUT2D eigenvalue weighted by Gasteiger charge is 2.08. The third-order valence-electron chi connectivity index (χ3n) is 3.86. The van der Waals surface area contributed by atoms with Gasteiger partial charge in [-0.25, -0.2) is 0 Å². The van der Waals surface area contributed by atoms with Crippen LogP contribution >= 0.6 is 12.2 Å². The third kappa shape index (κ3) is 5.10. The van der Waals surface area contributed by atoms with Gasteiger partial charge in [0, 0.05) is 5.69 Å². The fourth-order valence-electron chi connectivity index (χ4n) is 2.27. The molecule has 1 atom stereocenters. The summed E-state index contributed by atoms with van der Waals surface area (Å²) in [5, 5.41) is 7.11. The minimum atomic E-state index is 0.138. The van der Waals surface area contributed by atoms with Crippen LogP contribution in [0.3, 0.4) is 0 Å². The van der Waals surface area contributed by atoms with Crippen molar-refractivity contribution < 1.29 is 4.74 Å². The second-order valence-corrected chi connectivity index (χ2v) is 6.20. The summed E-state index contributed by atoms with van der Waals surface area (Å²) in [6.07, 6.45) is 1.72. The molecule has 0 aliphatic heterocycles. The van der Waals surface area contributed by atoms with Crippen LogP contribution in [0.5, 0.6) is 5.75 Å². The second kappa shape index (κ2) is 8.50. The number of aryl methyl sites for hydroxylation is 2. The topological polar surface area (TPSA) is 33.3 Å². The number of ether oxygens (including phenoxy) is 1. The van der Waals surface area contributed by atoms with Gasteiger partial charge in [-0.1, -0.05) is 30.9 Å². The fraction of sp³-hybridized carbons (Fsp3) is 0.250. The third-order valence-corrected chi connectivity index (χ3v) is 4.08. The van der Waals surface area contributed by atoms with E-state index in [1.807, 2.05) is 24.3 Å². The van der Waals surface area contributed by atoms with Crippen molar-refractivity contribution in [1.82, 2.24) is 5.32 Å². The molecule has 1 unspecified atom stereocenters. The molecule has 2 N–H and O–H groups in total. The van der Waals surface area contributed by atoms with E-state index in [0.717, 1.165) is 11.4 Å². The highest BCUT2D eigenvalue weighted by atomic mass is 32.1. The summed E-state index contributed by atoms with van der Waals surface area (Å²) in [5.74, 6) is 0.808. The summed E-state index contributed by atoms with van der Waals surface area (Å²) in [6, 6.07) is 14.3. The molecule has 0 heterocycles. The van der Waals surface area contributed by atoms with Crippen molar-refractivity contribution in [3.05, 3.63) is 71.8 Å². The largest absolute Gasteiger partial charge is 0.490 e. The summed E-state index contributed by atoms with van der Waals surface area (Å²) in [5.41, 5.74) is 4.72. The summed E-state index contributed by atoms with van der Waals surface area (Å²) >= 11 is 5.41. The van der Waals surface area contributed by atoms with Crippen LogP contribution in [0.1, 0.15) is 29.7 Å². The smallest absolute Gasteiger partial charge is 0.171 e. The van der Waals surface area contributed by atoms with Crippen molar-refractivity contribution >= 4 is 23.0 Å². The van der Waals surface area contributed by atoms with Gasteiger partial charge in [0.05, 0.1) is 6.04 Å². The van der Waals surface area contributed by atoms with Gasteiger partial charge in [0.2, 0.25) is 0 Å². The maximum atomic E-state index is 5.46. The standard InChI is InChI=1S/C20H24N2OS/c1-5-12-23-19-10-8-18(9-11-19)22-20(24)21-16(4)17-7-6-14(2)15(3)13-17/h5-11,13,16H,1,12H2,2-4H3,(H2,21,22,24). The molecule has 0 spiro atoms. The number of hydrogen-bond acceptors (Lipinski definition) is 2. The van der Waals surface area contributed by atoms with Crippen LogP contribution in [0, 0.1) is 13.8 Å². The van der Waals surface area contributed by atoms with Crippen molar-refractivity contribution in [2.75, 3.05) is 11.9 Å². The molecule has 2 aromatic carbocycles. The zero-order valence-corrected chi connectivity index (χ0v) is 15.2. The van der Waals surface area contributed by atoms with Gasteiger partial charge in [0.25, 0.3) is 0 Å². The number of anilines is 1.